The fourth-order valence-electron chi connectivity index (χ4n) is 3.82. The second-order valence-corrected chi connectivity index (χ2v) is 8.74. The number of nitrogens with zero attached hydrogens (tertiary/aromatic N) is 2. The van der Waals surface area contributed by atoms with Crippen LogP contribution in [-0.2, 0) is 6.42 Å². The number of allylic oxidation sites excluding steroid dienone is 2. The minimum absolute atomic E-state index is 0.716. The molecule has 32 heavy (non-hydrogen) atoms. The highest BCUT2D eigenvalue weighted by Crippen LogP contribution is 2.27. The van der Waals surface area contributed by atoms with E-state index in [4.69, 9.17) is 4.74 Å². The highest BCUT2D eigenvalue weighted by molar-refractivity contribution is 5.63. The van der Waals surface area contributed by atoms with Crippen molar-refractivity contribution in [2.24, 2.45) is 0 Å². The van der Waals surface area contributed by atoms with Gasteiger partial charge in [-0.1, -0.05) is 89.5 Å². The lowest BCUT2D eigenvalue weighted by atomic mass is 10.1. The summed E-state index contributed by atoms with van der Waals surface area (Å²) in [6, 6.07) is 8.11. The second kappa shape index (κ2) is 17.4. The van der Waals surface area contributed by atoms with Gasteiger partial charge in [0.05, 0.1) is 12.2 Å². The van der Waals surface area contributed by atoms with Crippen LogP contribution in [0.4, 0.5) is 0 Å². The molecule has 0 saturated carbocycles. The smallest absolute Gasteiger partial charge is 0.162 e. The quantitative estimate of drug-likeness (QED) is 0.173. The van der Waals surface area contributed by atoms with Crippen molar-refractivity contribution in [2.45, 2.75) is 104 Å². The van der Waals surface area contributed by atoms with Gasteiger partial charge in [0.2, 0.25) is 0 Å². The fraction of sp³-hybridized carbons (Fsp3) is 0.586. The molecule has 0 amide bonds. The Balaban J connectivity index is 1.73. The monoisotopic (exact) mass is 436 g/mol. The lowest BCUT2D eigenvalue weighted by Crippen LogP contribution is -2.00. The van der Waals surface area contributed by atoms with Gasteiger partial charge < -0.3 is 4.74 Å². The number of hydrogen-bond donors (Lipinski definition) is 0. The van der Waals surface area contributed by atoms with Gasteiger partial charge in [-0.15, -0.1) is 0 Å². The molecule has 1 aromatic heterocycles. The van der Waals surface area contributed by atoms with Crippen LogP contribution in [0.2, 0.25) is 0 Å². The molecule has 3 heteroatoms. The first-order chi connectivity index (χ1) is 15.8. The molecule has 2 aromatic rings. The molecule has 0 aliphatic rings. The molecule has 0 aliphatic heterocycles. The Morgan fingerprint density at radius 2 is 1.34 bits per heavy atom. The Bertz CT molecular complexity index is 739. The third-order valence-corrected chi connectivity index (χ3v) is 5.82. The summed E-state index contributed by atoms with van der Waals surface area (Å²) in [5.41, 5.74) is 2.20. The summed E-state index contributed by atoms with van der Waals surface area (Å²) in [4.78, 5) is 9.27. The first-order valence-corrected chi connectivity index (χ1v) is 13.0. The molecule has 0 saturated heterocycles. The van der Waals surface area contributed by atoms with Gasteiger partial charge in [0, 0.05) is 12.4 Å². The molecule has 0 atom stereocenters. The van der Waals surface area contributed by atoms with E-state index in [2.05, 4.69) is 36.0 Å². The van der Waals surface area contributed by atoms with Gasteiger partial charge >= 0.3 is 0 Å². The number of hydrogen-bond acceptors (Lipinski definition) is 3. The van der Waals surface area contributed by atoms with Crippen LogP contribution in [0.15, 0.2) is 48.8 Å². The maximum absolute atomic E-state index is 6.08. The topological polar surface area (TPSA) is 35.0 Å². The number of aromatic nitrogens is 2. The summed E-state index contributed by atoms with van der Waals surface area (Å²) < 4.78 is 6.08. The molecule has 0 aliphatic carbocycles. The van der Waals surface area contributed by atoms with Crippen molar-refractivity contribution in [3.63, 3.8) is 0 Å². The molecular formula is C29H44N2O. The Morgan fingerprint density at radius 3 is 2.09 bits per heavy atom. The van der Waals surface area contributed by atoms with Gasteiger partial charge in [0.15, 0.2) is 5.82 Å². The molecule has 176 valence electrons. The largest absolute Gasteiger partial charge is 0.493 e. The predicted octanol–water partition coefficient (Wildman–Crippen LogP) is 8.73. The maximum atomic E-state index is 6.08. The van der Waals surface area contributed by atoms with Crippen molar-refractivity contribution in [2.75, 3.05) is 6.61 Å². The summed E-state index contributed by atoms with van der Waals surface area (Å²) in [5.74, 6) is 1.62. The minimum Gasteiger partial charge on any atom is -0.493 e. The molecule has 0 spiro atoms. The van der Waals surface area contributed by atoms with Crippen LogP contribution in [0.3, 0.4) is 0 Å². The highest BCUT2D eigenvalue weighted by Gasteiger charge is 2.08. The molecular weight excluding hydrogens is 392 g/mol. The SMILES string of the molecule is CCCCCCC=CCCCOc1ccccc1-c1ncc(CCCCCCCC)cn1. The van der Waals surface area contributed by atoms with Crippen LogP contribution >= 0.6 is 0 Å². The van der Waals surface area contributed by atoms with Crippen LogP contribution in [-0.4, -0.2) is 16.6 Å². The molecule has 0 fully saturated rings. The maximum Gasteiger partial charge on any atom is 0.162 e. The number of para-hydroxylation sites is 1. The lowest BCUT2D eigenvalue weighted by molar-refractivity contribution is 0.313. The van der Waals surface area contributed by atoms with E-state index in [1.807, 2.05) is 36.7 Å². The molecule has 2 rings (SSSR count). The average Bonchev–Trinajstić information content (AvgIpc) is 2.83. The summed E-state index contributed by atoms with van der Waals surface area (Å²) >= 11 is 0. The van der Waals surface area contributed by atoms with Gasteiger partial charge in [-0.05, 0) is 56.2 Å². The van der Waals surface area contributed by atoms with E-state index in [0.29, 0.717) is 6.61 Å². The van der Waals surface area contributed by atoms with Gasteiger partial charge in [0.1, 0.15) is 5.75 Å². The molecule has 1 aromatic carbocycles. The molecule has 1 heterocycles. The van der Waals surface area contributed by atoms with E-state index in [0.717, 1.165) is 36.4 Å². The number of aryl methyl sites for hydroxylation is 1. The zero-order valence-electron chi connectivity index (χ0n) is 20.5. The fourth-order valence-corrected chi connectivity index (χ4v) is 3.82. The molecule has 0 radical (unpaired) electrons. The van der Waals surface area contributed by atoms with Crippen LogP contribution in [0.25, 0.3) is 11.4 Å². The standard InChI is InChI=1S/C29H44N2O/c1-3-5-7-9-11-12-13-15-19-23-32-28-22-18-17-21-27(28)29-30-24-26(25-31-29)20-16-14-10-8-6-4-2/h12-13,17-18,21-22,24-25H,3-11,14-16,19-20,23H2,1-2H3. The molecule has 0 bridgehead atoms. The van der Waals surface area contributed by atoms with Crippen molar-refractivity contribution in [3.8, 4) is 17.1 Å². The number of unbranched alkanes of at least 4 members (excludes halogenated alkanes) is 10. The first kappa shape index (κ1) is 26.1. The molecule has 3 nitrogen and oxygen atoms in total. The third kappa shape index (κ3) is 10.9. The Hall–Kier alpha value is -2.16. The Labute approximate surface area is 196 Å². The van der Waals surface area contributed by atoms with Crippen molar-refractivity contribution in [1.29, 1.82) is 0 Å². The Morgan fingerprint density at radius 1 is 0.719 bits per heavy atom. The first-order valence-electron chi connectivity index (χ1n) is 13.0. The highest BCUT2D eigenvalue weighted by atomic mass is 16.5. The number of ether oxygens (including phenoxy) is 1. The second-order valence-electron chi connectivity index (χ2n) is 8.74. The van der Waals surface area contributed by atoms with E-state index < -0.39 is 0 Å². The van der Waals surface area contributed by atoms with E-state index in [9.17, 15) is 0 Å². The minimum atomic E-state index is 0.716. The number of rotatable bonds is 18. The van der Waals surface area contributed by atoms with Gasteiger partial charge in [-0.3, -0.25) is 0 Å². The zero-order chi connectivity index (χ0) is 22.7. The van der Waals surface area contributed by atoms with Crippen molar-refractivity contribution in [3.05, 3.63) is 54.4 Å². The van der Waals surface area contributed by atoms with Crippen LogP contribution < -0.4 is 4.74 Å². The normalized spacial score (nSPS) is 11.3. The lowest BCUT2D eigenvalue weighted by Gasteiger charge is -2.10. The van der Waals surface area contributed by atoms with Crippen LogP contribution in [0.5, 0.6) is 5.75 Å². The summed E-state index contributed by atoms with van der Waals surface area (Å²) in [5, 5.41) is 0. The van der Waals surface area contributed by atoms with Crippen LogP contribution in [0.1, 0.15) is 103 Å². The summed E-state index contributed by atoms with van der Waals surface area (Å²) in [6.07, 6.45) is 26.1. The molecule has 0 N–H and O–H groups in total. The van der Waals surface area contributed by atoms with Crippen molar-refractivity contribution in [1.82, 2.24) is 9.97 Å². The van der Waals surface area contributed by atoms with Gasteiger partial charge in [-0.2, -0.15) is 0 Å². The van der Waals surface area contributed by atoms with Gasteiger partial charge in [0.25, 0.3) is 0 Å². The average molecular weight is 437 g/mol. The van der Waals surface area contributed by atoms with E-state index >= 15 is 0 Å². The van der Waals surface area contributed by atoms with E-state index in [-0.39, 0.29) is 0 Å². The van der Waals surface area contributed by atoms with Crippen molar-refractivity contribution < 1.29 is 4.74 Å². The van der Waals surface area contributed by atoms with Crippen LogP contribution in [0, 0.1) is 0 Å². The number of benzene rings is 1. The predicted molar refractivity (Wildman–Crippen MR) is 137 cm³/mol. The molecule has 0 unspecified atom stereocenters. The van der Waals surface area contributed by atoms with E-state index in [1.54, 1.807) is 0 Å². The zero-order valence-corrected chi connectivity index (χ0v) is 20.5. The van der Waals surface area contributed by atoms with Gasteiger partial charge in [-0.25, -0.2) is 9.97 Å². The summed E-state index contributed by atoms with van der Waals surface area (Å²) in [7, 11) is 0. The summed E-state index contributed by atoms with van der Waals surface area (Å²) in [6.45, 7) is 5.23. The third-order valence-electron chi connectivity index (χ3n) is 5.82. The van der Waals surface area contributed by atoms with E-state index in [1.165, 1.54) is 76.2 Å². The Kier molecular flexibility index (Phi) is 14.2. The van der Waals surface area contributed by atoms with Crippen molar-refractivity contribution >= 4 is 0 Å².